The zero-order chi connectivity index (χ0) is 12.7. The van der Waals surface area contributed by atoms with Gasteiger partial charge in [-0.15, -0.1) is 11.3 Å². The molecule has 3 heterocycles. The Morgan fingerprint density at radius 1 is 1.56 bits per heavy atom. The van der Waals surface area contributed by atoms with Crippen LogP contribution in [0.15, 0.2) is 11.4 Å². The van der Waals surface area contributed by atoms with Crippen molar-refractivity contribution in [1.29, 1.82) is 0 Å². The Balaban J connectivity index is 1.85. The van der Waals surface area contributed by atoms with Crippen LogP contribution < -0.4 is 5.73 Å². The number of hydrogen-bond donors (Lipinski definition) is 1. The first kappa shape index (κ1) is 11.7. The lowest BCUT2D eigenvalue weighted by molar-refractivity contribution is 0.0740. The van der Waals surface area contributed by atoms with E-state index in [4.69, 9.17) is 5.73 Å². The molecule has 1 aliphatic heterocycles. The Kier molecular flexibility index (Phi) is 2.83. The third kappa shape index (κ3) is 1.91. The molecule has 0 saturated heterocycles. The van der Waals surface area contributed by atoms with Gasteiger partial charge in [-0.25, -0.2) is 4.98 Å². The van der Waals surface area contributed by atoms with Crippen LogP contribution in [0.2, 0.25) is 0 Å². The van der Waals surface area contributed by atoms with Crippen LogP contribution >= 0.6 is 22.7 Å². The van der Waals surface area contributed by atoms with Crippen molar-refractivity contribution < 1.29 is 4.79 Å². The SMILES string of the molecule is Cc1nc(N)sc1C(=O)N1CCc2sccc2C1. The molecule has 0 spiro atoms. The van der Waals surface area contributed by atoms with Crippen molar-refractivity contribution >= 4 is 33.7 Å². The minimum Gasteiger partial charge on any atom is -0.375 e. The summed E-state index contributed by atoms with van der Waals surface area (Å²) in [6, 6.07) is 2.10. The summed E-state index contributed by atoms with van der Waals surface area (Å²) in [5.74, 6) is 0.0542. The molecule has 0 atom stereocenters. The van der Waals surface area contributed by atoms with Gasteiger partial charge >= 0.3 is 0 Å². The Hall–Kier alpha value is -1.40. The summed E-state index contributed by atoms with van der Waals surface area (Å²) in [4.78, 5) is 20.5. The van der Waals surface area contributed by atoms with Crippen LogP contribution in [-0.4, -0.2) is 22.3 Å². The van der Waals surface area contributed by atoms with Crippen LogP contribution in [0.1, 0.15) is 25.8 Å². The van der Waals surface area contributed by atoms with Gasteiger partial charge in [-0.1, -0.05) is 11.3 Å². The fourth-order valence-corrected chi connectivity index (χ4v) is 3.87. The van der Waals surface area contributed by atoms with E-state index in [-0.39, 0.29) is 5.91 Å². The van der Waals surface area contributed by atoms with Gasteiger partial charge < -0.3 is 10.6 Å². The summed E-state index contributed by atoms with van der Waals surface area (Å²) in [7, 11) is 0. The number of aryl methyl sites for hydroxylation is 1. The van der Waals surface area contributed by atoms with Crippen molar-refractivity contribution in [1.82, 2.24) is 9.88 Å². The number of hydrogen-bond acceptors (Lipinski definition) is 5. The number of nitrogens with two attached hydrogens (primary N) is 1. The Morgan fingerprint density at radius 2 is 2.39 bits per heavy atom. The standard InChI is InChI=1S/C12H13N3OS2/c1-7-10(18-12(13)14-7)11(16)15-4-2-9-8(6-15)3-5-17-9/h3,5H,2,4,6H2,1H3,(H2,13,14). The molecular weight excluding hydrogens is 266 g/mol. The van der Waals surface area contributed by atoms with Crippen LogP contribution in [0.25, 0.3) is 0 Å². The summed E-state index contributed by atoms with van der Waals surface area (Å²) in [5.41, 5.74) is 7.65. The molecule has 0 bridgehead atoms. The molecule has 0 saturated carbocycles. The maximum atomic E-state index is 12.4. The number of carbonyl (C=O) groups excluding carboxylic acids is 1. The fraction of sp³-hybridized carbons (Fsp3) is 0.333. The summed E-state index contributed by atoms with van der Waals surface area (Å²) in [6.07, 6.45) is 0.950. The fourth-order valence-electron chi connectivity index (χ4n) is 2.18. The number of anilines is 1. The van der Waals surface area contributed by atoms with Gasteiger partial charge in [0.25, 0.3) is 5.91 Å². The molecule has 3 rings (SSSR count). The van der Waals surface area contributed by atoms with Gasteiger partial charge in [0.15, 0.2) is 5.13 Å². The molecule has 94 valence electrons. The molecule has 0 unspecified atom stereocenters. The van der Waals surface area contributed by atoms with Gasteiger partial charge in [0.2, 0.25) is 0 Å². The van der Waals surface area contributed by atoms with Crippen LogP contribution in [-0.2, 0) is 13.0 Å². The lowest BCUT2D eigenvalue weighted by Crippen LogP contribution is -2.35. The first-order valence-electron chi connectivity index (χ1n) is 5.72. The second kappa shape index (κ2) is 4.37. The van der Waals surface area contributed by atoms with Crippen LogP contribution in [0, 0.1) is 6.92 Å². The molecule has 1 amide bonds. The minimum absolute atomic E-state index is 0.0542. The van der Waals surface area contributed by atoms with Crippen LogP contribution in [0.4, 0.5) is 5.13 Å². The molecule has 2 aromatic heterocycles. The van der Waals surface area contributed by atoms with Crippen LogP contribution in [0.5, 0.6) is 0 Å². The average Bonchev–Trinajstić information content (AvgIpc) is 2.93. The van der Waals surface area contributed by atoms with Crippen molar-refractivity contribution in [2.75, 3.05) is 12.3 Å². The smallest absolute Gasteiger partial charge is 0.266 e. The predicted octanol–water partition coefficient (Wildman–Crippen LogP) is 2.29. The van der Waals surface area contributed by atoms with Gasteiger partial charge in [0.1, 0.15) is 4.88 Å². The minimum atomic E-state index is 0.0542. The Bertz CT molecular complexity index is 602. The number of aromatic nitrogens is 1. The normalized spacial score (nSPS) is 14.6. The van der Waals surface area contributed by atoms with Gasteiger partial charge in [0, 0.05) is 18.0 Å². The lowest BCUT2D eigenvalue weighted by Gasteiger charge is -2.26. The highest BCUT2D eigenvalue weighted by Gasteiger charge is 2.25. The van der Waals surface area contributed by atoms with E-state index in [2.05, 4.69) is 16.4 Å². The van der Waals surface area contributed by atoms with Crippen molar-refractivity contribution in [2.45, 2.75) is 19.9 Å². The number of thiophene rings is 1. The largest absolute Gasteiger partial charge is 0.375 e. The third-order valence-electron chi connectivity index (χ3n) is 3.10. The second-order valence-corrected chi connectivity index (χ2v) is 6.34. The molecule has 0 fully saturated rings. The number of amides is 1. The topological polar surface area (TPSA) is 59.2 Å². The van der Waals surface area contributed by atoms with Gasteiger partial charge in [0.05, 0.1) is 5.69 Å². The first-order valence-corrected chi connectivity index (χ1v) is 7.42. The van der Waals surface area contributed by atoms with Gasteiger partial charge in [-0.2, -0.15) is 0 Å². The number of nitrogen functional groups attached to an aromatic ring is 1. The summed E-state index contributed by atoms with van der Waals surface area (Å²) in [5, 5.41) is 2.55. The molecule has 18 heavy (non-hydrogen) atoms. The molecule has 4 nitrogen and oxygen atoms in total. The second-order valence-electron chi connectivity index (χ2n) is 4.31. The monoisotopic (exact) mass is 279 g/mol. The maximum absolute atomic E-state index is 12.4. The zero-order valence-corrected chi connectivity index (χ0v) is 11.6. The summed E-state index contributed by atoms with van der Waals surface area (Å²) < 4.78 is 0. The third-order valence-corrected chi connectivity index (χ3v) is 5.10. The highest BCUT2D eigenvalue weighted by molar-refractivity contribution is 7.17. The predicted molar refractivity (Wildman–Crippen MR) is 74.0 cm³/mol. The van der Waals surface area contributed by atoms with Crippen molar-refractivity contribution in [2.24, 2.45) is 0 Å². The molecule has 0 aromatic carbocycles. The van der Waals surface area contributed by atoms with Gasteiger partial charge in [-0.05, 0) is 30.4 Å². The molecule has 0 radical (unpaired) electrons. The van der Waals surface area contributed by atoms with E-state index in [1.165, 1.54) is 21.8 Å². The van der Waals surface area contributed by atoms with Crippen LogP contribution in [0.3, 0.4) is 0 Å². The quantitative estimate of drug-likeness (QED) is 0.871. The number of rotatable bonds is 1. The van der Waals surface area contributed by atoms with E-state index in [9.17, 15) is 4.79 Å². The Labute approximate surface area is 113 Å². The van der Waals surface area contributed by atoms with E-state index in [0.29, 0.717) is 16.6 Å². The molecule has 2 aromatic rings. The highest BCUT2D eigenvalue weighted by atomic mass is 32.1. The van der Waals surface area contributed by atoms with E-state index >= 15 is 0 Å². The number of fused-ring (bicyclic) bond motifs is 1. The van der Waals surface area contributed by atoms with Crippen molar-refractivity contribution in [3.63, 3.8) is 0 Å². The van der Waals surface area contributed by atoms with Crippen molar-refractivity contribution in [3.05, 3.63) is 32.5 Å². The molecule has 2 N–H and O–H groups in total. The van der Waals surface area contributed by atoms with E-state index in [1.807, 2.05) is 11.8 Å². The molecule has 1 aliphatic rings. The molecule has 0 aliphatic carbocycles. The number of nitrogens with zero attached hydrogens (tertiary/aromatic N) is 2. The average molecular weight is 279 g/mol. The van der Waals surface area contributed by atoms with Crippen molar-refractivity contribution in [3.8, 4) is 0 Å². The summed E-state index contributed by atoms with van der Waals surface area (Å²) in [6.45, 7) is 3.32. The summed E-state index contributed by atoms with van der Waals surface area (Å²) >= 11 is 3.05. The maximum Gasteiger partial charge on any atom is 0.266 e. The lowest BCUT2D eigenvalue weighted by atomic mass is 10.1. The first-order chi connectivity index (χ1) is 8.65. The van der Waals surface area contributed by atoms with Gasteiger partial charge in [-0.3, -0.25) is 4.79 Å². The van der Waals surface area contributed by atoms with E-state index < -0.39 is 0 Å². The number of thiazole rings is 1. The highest BCUT2D eigenvalue weighted by Crippen LogP contribution is 2.27. The van der Waals surface area contributed by atoms with E-state index in [1.54, 1.807) is 11.3 Å². The van der Waals surface area contributed by atoms with E-state index in [0.717, 1.165) is 18.7 Å². The number of carbonyl (C=O) groups is 1. The zero-order valence-electron chi connectivity index (χ0n) is 9.97. The Morgan fingerprint density at radius 3 is 3.11 bits per heavy atom. The molecule has 6 heteroatoms. The molecular formula is C12H13N3OS2.